The van der Waals surface area contributed by atoms with E-state index in [4.69, 9.17) is 5.84 Å². The van der Waals surface area contributed by atoms with E-state index in [0.29, 0.717) is 0 Å². The van der Waals surface area contributed by atoms with Gasteiger partial charge in [-0.2, -0.15) is 0 Å². The summed E-state index contributed by atoms with van der Waals surface area (Å²) in [6.45, 7) is 0. The monoisotopic (exact) mass is 158 g/mol. The van der Waals surface area contributed by atoms with Crippen molar-refractivity contribution in [3.63, 3.8) is 0 Å². The summed E-state index contributed by atoms with van der Waals surface area (Å²) < 4.78 is 1.48. The van der Waals surface area contributed by atoms with Crippen LogP contribution in [-0.4, -0.2) is 9.66 Å². The molecule has 12 heavy (non-hydrogen) atoms. The van der Waals surface area contributed by atoms with E-state index in [1.807, 2.05) is 24.3 Å². The first kappa shape index (κ1) is 6.91. The summed E-state index contributed by atoms with van der Waals surface area (Å²) in [4.78, 5) is 4.09. The maximum absolute atomic E-state index is 5.61. The van der Waals surface area contributed by atoms with Gasteiger partial charge in [-0.05, 0) is 6.07 Å². The Hall–Kier alpha value is -1.77. The van der Waals surface area contributed by atoms with Gasteiger partial charge in [-0.15, -0.1) is 0 Å². The molecule has 1 aromatic heterocycles. The molecule has 0 amide bonds. The van der Waals surface area contributed by atoms with Crippen molar-refractivity contribution in [2.45, 2.75) is 0 Å². The van der Waals surface area contributed by atoms with E-state index in [9.17, 15) is 0 Å². The van der Waals surface area contributed by atoms with Crippen molar-refractivity contribution in [1.82, 2.24) is 9.66 Å². The lowest BCUT2D eigenvalue weighted by atomic mass is 10.2. The Morgan fingerprint density at radius 1 is 1.42 bits per heavy atom. The van der Waals surface area contributed by atoms with Crippen LogP contribution >= 0.6 is 0 Å². The largest absolute Gasteiger partial charge is 0.338 e. The highest BCUT2D eigenvalue weighted by atomic mass is 15.3. The number of nitrogen functional groups attached to an aromatic ring is 1. The first-order valence-corrected chi connectivity index (χ1v) is 3.63. The molecule has 0 aliphatic rings. The van der Waals surface area contributed by atoms with Gasteiger partial charge in [0.15, 0.2) is 5.82 Å². The Morgan fingerprint density at radius 2 is 2.33 bits per heavy atom. The predicted octanol–water partition coefficient (Wildman–Crippen LogP) is 1.06. The third-order valence-electron chi connectivity index (χ3n) is 1.62. The van der Waals surface area contributed by atoms with Crippen molar-refractivity contribution in [3.05, 3.63) is 42.7 Å². The number of benzene rings is 1. The van der Waals surface area contributed by atoms with Gasteiger partial charge in [0, 0.05) is 18.0 Å². The lowest BCUT2D eigenvalue weighted by Crippen LogP contribution is -2.07. The number of aromatic nitrogens is 2. The van der Waals surface area contributed by atoms with Gasteiger partial charge in [0.25, 0.3) is 0 Å². The van der Waals surface area contributed by atoms with Gasteiger partial charge >= 0.3 is 0 Å². The molecule has 0 saturated carbocycles. The zero-order chi connectivity index (χ0) is 8.39. The van der Waals surface area contributed by atoms with Gasteiger partial charge in [-0.25, -0.2) is 4.98 Å². The van der Waals surface area contributed by atoms with Crippen molar-refractivity contribution in [2.24, 2.45) is 0 Å². The van der Waals surface area contributed by atoms with E-state index in [1.165, 1.54) is 4.68 Å². The number of hydrogen-bond donors (Lipinski definition) is 1. The van der Waals surface area contributed by atoms with Gasteiger partial charge in [0.05, 0.1) is 0 Å². The Bertz CT molecular complexity index is 364. The first-order valence-electron chi connectivity index (χ1n) is 3.63. The highest BCUT2D eigenvalue weighted by Crippen LogP contribution is 2.13. The highest BCUT2D eigenvalue weighted by molar-refractivity contribution is 5.54. The average molecular weight is 158 g/mol. The number of rotatable bonds is 1. The molecular formula is C9H8N3. The molecule has 0 saturated heterocycles. The number of imidazole rings is 1. The number of nitrogens with zero attached hydrogens (tertiary/aromatic N) is 2. The van der Waals surface area contributed by atoms with Crippen LogP contribution in [0, 0.1) is 6.07 Å². The Morgan fingerprint density at radius 3 is 2.92 bits per heavy atom. The Balaban J connectivity index is 2.51. The number of nitrogens with two attached hydrogens (primary N) is 1. The van der Waals surface area contributed by atoms with E-state index in [2.05, 4.69) is 11.1 Å². The van der Waals surface area contributed by atoms with Gasteiger partial charge in [-0.3, -0.25) is 4.68 Å². The maximum atomic E-state index is 5.61. The Labute approximate surface area is 70.4 Å². The molecule has 2 N–H and O–H groups in total. The molecule has 3 heteroatoms. The second kappa shape index (κ2) is 2.70. The van der Waals surface area contributed by atoms with Gasteiger partial charge in [-0.1, -0.05) is 24.3 Å². The van der Waals surface area contributed by atoms with Crippen LogP contribution in [-0.2, 0) is 0 Å². The van der Waals surface area contributed by atoms with Crippen LogP contribution in [0.1, 0.15) is 0 Å². The normalized spacial score (nSPS) is 10.0. The molecule has 2 rings (SSSR count). The van der Waals surface area contributed by atoms with Crippen LogP contribution in [0.5, 0.6) is 0 Å². The molecule has 0 spiro atoms. The van der Waals surface area contributed by atoms with E-state index in [1.54, 1.807) is 12.4 Å². The quantitative estimate of drug-likeness (QED) is 0.631. The van der Waals surface area contributed by atoms with Crippen LogP contribution in [0.3, 0.4) is 0 Å². The molecule has 3 nitrogen and oxygen atoms in total. The molecule has 1 aromatic carbocycles. The van der Waals surface area contributed by atoms with Crippen molar-refractivity contribution in [2.75, 3.05) is 5.84 Å². The number of hydrogen-bond acceptors (Lipinski definition) is 2. The van der Waals surface area contributed by atoms with E-state index < -0.39 is 0 Å². The SMILES string of the molecule is Nn1ccnc1-c1[c]cccc1. The first-order chi connectivity index (χ1) is 5.88. The summed E-state index contributed by atoms with van der Waals surface area (Å²) in [5.74, 6) is 6.34. The summed E-state index contributed by atoms with van der Waals surface area (Å²) in [7, 11) is 0. The Kier molecular flexibility index (Phi) is 1.55. The van der Waals surface area contributed by atoms with E-state index >= 15 is 0 Å². The topological polar surface area (TPSA) is 43.8 Å². The summed E-state index contributed by atoms with van der Waals surface area (Å²) in [5.41, 5.74) is 0.907. The minimum atomic E-state index is 0.732. The van der Waals surface area contributed by atoms with Gasteiger partial charge in [0.2, 0.25) is 0 Å². The molecule has 0 bridgehead atoms. The molecule has 0 atom stereocenters. The molecule has 2 aromatic rings. The molecule has 0 unspecified atom stereocenters. The van der Waals surface area contributed by atoms with Crippen molar-refractivity contribution in [1.29, 1.82) is 0 Å². The second-order valence-corrected chi connectivity index (χ2v) is 2.43. The third kappa shape index (κ3) is 1.05. The fourth-order valence-electron chi connectivity index (χ4n) is 1.05. The maximum Gasteiger partial charge on any atom is 0.158 e. The van der Waals surface area contributed by atoms with Crippen LogP contribution in [0.15, 0.2) is 36.7 Å². The van der Waals surface area contributed by atoms with Gasteiger partial charge < -0.3 is 5.84 Å². The van der Waals surface area contributed by atoms with E-state index in [-0.39, 0.29) is 0 Å². The molecule has 1 heterocycles. The minimum Gasteiger partial charge on any atom is -0.338 e. The molecule has 59 valence electrons. The van der Waals surface area contributed by atoms with Crippen LogP contribution < -0.4 is 5.84 Å². The molecule has 0 aliphatic heterocycles. The lowest BCUT2D eigenvalue weighted by Gasteiger charge is -1.99. The van der Waals surface area contributed by atoms with Crippen molar-refractivity contribution >= 4 is 0 Å². The average Bonchev–Trinajstić information content (AvgIpc) is 2.53. The van der Waals surface area contributed by atoms with Crippen molar-refractivity contribution in [3.8, 4) is 11.4 Å². The second-order valence-electron chi connectivity index (χ2n) is 2.43. The zero-order valence-electron chi connectivity index (χ0n) is 6.44. The highest BCUT2D eigenvalue weighted by Gasteiger charge is 2.00. The fraction of sp³-hybridized carbons (Fsp3) is 0. The van der Waals surface area contributed by atoms with Crippen LogP contribution in [0.25, 0.3) is 11.4 Å². The summed E-state index contributed by atoms with van der Waals surface area (Å²) in [6.07, 6.45) is 3.37. The molecule has 0 aliphatic carbocycles. The van der Waals surface area contributed by atoms with Gasteiger partial charge in [0.1, 0.15) is 0 Å². The lowest BCUT2D eigenvalue weighted by molar-refractivity contribution is 1.01. The summed E-state index contributed by atoms with van der Waals surface area (Å²) >= 11 is 0. The third-order valence-corrected chi connectivity index (χ3v) is 1.62. The molecule has 1 radical (unpaired) electrons. The standard InChI is InChI=1S/C9H8N3/c10-12-7-6-11-9(12)8-4-2-1-3-5-8/h1-4,6-7H,10H2. The smallest absolute Gasteiger partial charge is 0.158 e. The van der Waals surface area contributed by atoms with Crippen LogP contribution in [0.4, 0.5) is 0 Å². The zero-order valence-corrected chi connectivity index (χ0v) is 6.44. The predicted molar refractivity (Wildman–Crippen MR) is 46.6 cm³/mol. The summed E-state index contributed by atoms with van der Waals surface area (Å²) in [5, 5.41) is 0. The summed E-state index contributed by atoms with van der Waals surface area (Å²) in [6, 6.07) is 10.6. The fourth-order valence-corrected chi connectivity index (χ4v) is 1.05. The minimum absolute atomic E-state index is 0.732. The van der Waals surface area contributed by atoms with E-state index in [0.717, 1.165) is 11.4 Å². The molecule has 0 fully saturated rings. The van der Waals surface area contributed by atoms with Crippen molar-refractivity contribution < 1.29 is 0 Å². The molecular weight excluding hydrogens is 150 g/mol. The van der Waals surface area contributed by atoms with Crippen LogP contribution in [0.2, 0.25) is 0 Å².